The van der Waals surface area contributed by atoms with Gasteiger partial charge in [0.15, 0.2) is 0 Å². The molecule has 0 rings (SSSR count). The van der Waals surface area contributed by atoms with Crippen LogP contribution in [0.3, 0.4) is 0 Å². The van der Waals surface area contributed by atoms with Gasteiger partial charge in [-0.25, -0.2) is 4.57 Å². The quantitative estimate of drug-likeness (QED) is 0.126. The van der Waals surface area contributed by atoms with Crippen LogP contribution >= 0.6 is 19.6 Å². The number of ether oxygens (including phenoxy) is 2. The molecule has 30 heavy (non-hydrogen) atoms. The maximum atomic E-state index is 10.9. The van der Waals surface area contributed by atoms with Crippen LogP contribution in [0.2, 0.25) is 0 Å². The molecule has 0 bridgehead atoms. The molecule has 0 saturated heterocycles. The molecule has 0 aliphatic rings. The fourth-order valence-corrected chi connectivity index (χ4v) is 4.63. The zero-order chi connectivity index (χ0) is 22.3. The Hall–Kier alpha value is 0.380. The molecule has 2 N–H and O–H groups in total. The fraction of sp³-hybridized carbons (Fsp3) is 1.00. The van der Waals surface area contributed by atoms with Gasteiger partial charge in [-0.3, -0.25) is 4.52 Å². The molecule has 0 heterocycles. The Kier molecular flexibility index (Phi) is 22.9. The predicted molar refractivity (Wildman–Crippen MR) is 127 cm³/mol. The van der Waals surface area contributed by atoms with Gasteiger partial charge in [0, 0.05) is 12.9 Å². The number of phosphoric ester groups is 1. The Bertz CT molecular complexity index is 394. The van der Waals surface area contributed by atoms with E-state index in [1.807, 2.05) is 0 Å². The highest BCUT2D eigenvalue weighted by Crippen LogP contribution is 2.36. The molecule has 0 aromatic heterocycles. The van der Waals surface area contributed by atoms with Gasteiger partial charge in [0.25, 0.3) is 0 Å². The number of hydrogen-bond acceptors (Lipinski definition) is 5. The number of thioether (sulfide) groups is 1. The number of rotatable bonds is 24. The first-order valence-electron chi connectivity index (χ1n) is 11.9. The van der Waals surface area contributed by atoms with Gasteiger partial charge < -0.3 is 19.3 Å². The van der Waals surface area contributed by atoms with Crippen LogP contribution in [0, 0.1) is 0 Å². The molecular weight excluding hydrogens is 423 g/mol. The third-order valence-electron chi connectivity index (χ3n) is 5.02. The SMILES string of the molecule is CCCCCCCCCCCCCCCCSCC(COP(=O)(O)O)OCCOC. The van der Waals surface area contributed by atoms with Crippen LogP contribution in [0.1, 0.15) is 96.8 Å². The maximum absolute atomic E-state index is 10.9. The van der Waals surface area contributed by atoms with Crippen molar-refractivity contribution in [3.63, 3.8) is 0 Å². The monoisotopic (exact) mass is 470 g/mol. The van der Waals surface area contributed by atoms with Gasteiger partial charge in [-0.15, -0.1) is 0 Å². The van der Waals surface area contributed by atoms with Crippen molar-refractivity contribution in [1.82, 2.24) is 0 Å². The van der Waals surface area contributed by atoms with E-state index in [4.69, 9.17) is 19.3 Å². The molecular formula is C22H47O6PS. The van der Waals surface area contributed by atoms with Crippen molar-refractivity contribution < 1.29 is 28.3 Å². The van der Waals surface area contributed by atoms with Crippen molar-refractivity contribution in [1.29, 1.82) is 0 Å². The average molecular weight is 471 g/mol. The van der Waals surface area contributed by atoms with Gasteiger partial charge >= 0.3 is 7.82 Å². The van der Waals surface area contributed by atoms with Crippen molar-refractivity contribution in [2.45, 2.75) is 103 Å². The lowest BCUT2D eigenvalue weighted by molar-refractivity contribution is 0.00104. The normalized spacial score (nSPS) is 13.1. The summed E-state index contributed by atoms with van der Waals surface area (Å²) in [5.41, 5.74) is 0. The van der Waals surface area contributed by atoms with E-state index < -0.39 is 7.82 Å². The van der Waals surface area contributed by atoms with Crippen molar-refractivity contribution in [3.8, 4) is 0 Å². The topological polar surface area (TPSA) is 85.2 Å². The second-order valence-electron chi connectivity index (χ2n) is 7.94. The highest BCUT2D eigenvalue weighted by molar-refractivity contribution is 7.99. The molecule has 0 fully saturated rings. The third kappa shape index (κ3) is 24.6. The fourth-order valence-electron chi connectivity index (χ4n) is 3.24. The molecule has 0 aromatic carbocycles. The van der Waals surface area contributed by atoms with Crippen molar-refractivity contribution in [3.05, 3.63) is 0 Å². The van der Waals surface area contributed by atoms with Crippen LogP contribution in [-0.4, -0.2) is 54.3 Å². The highest BCUT2D eigenvalue weighted by Gasteiger charge is 2.18. The van der Waals surface area contributed by atoms with Crippen molar-refractivity contribution in [2.24, 2.45) is 0 Å². The van der Waals surface area contributed by atoms with Crippen LogP contribution in [0.5, 0.6) is 0 Å². The molecule has 1 atom stereocenters. The van der Waals surface area contributed by atoms with E-state index >= 15 is 0 Å². The Labute approximate surface area is 189 Å². The largest absolute Gasteiger partial charge is 0.469 e. The summed E-state index contributed by atoms with van der Waals surface area (Å²) in [6.45, 7) is 3.02. The standard InChI is InChI=1S/C22H47O6PS/c1-3-4-5-6-7-8-9-10-11-12-13-14-15-16-19-30-21-22(27-18-17-26-2)20-28-29(23,24)25/h22H,3-21H2,1-2H3,(H2,23,24,25). The lowest BCUT2D eigenvalue weighted by Gasteiger charge is -2.18. The van der Waals surface area contributed by atoms with Gasteiger partial charge in [0.05, 0.1) is 25.9 Å². The average Bonchev–Trinajstić information content (AvgIpc) is 2.70. The van der Waals surface area contributed by atoms with Gasteiger partial charge in [0.1, 0.15) is 0 Å². The van der Waals surface area contributed by atoms with E-state index in [9.17, 15) is 4.57 Å². The molecule has 0 amide bonds. The third-order valence-corrected chi connectivity index (χ3v) is 6.69. The first-order valence-corrected chi connectivity index (χ1v) is 14.6. The van der Waals surface area contributed by atoms with E-state index in [-0.39, 0.29) is 12.7 Å². The molecule has 0 aliphatic heterocycles. The van der Waals surface area contributed by atoms with Gasteiger partial charge in [-0.2, -0.15) is 11.8 Å². The zero-order valence-electron chi connectivity index (χ0n) is 19.4. The number of unbranched alkanes of at least 4 members (excludes halogenated alkanes) is 13. The minimum Gasteiger partial charge on any atom is -0.382 e. The number of methoxy groups -OCH3 is 1. The molecule has 8 heteroatoms. The summed E-state index contributed by atoms with van der Waals surface area (Å²) in [6, 6.07) is 0. The van der Waals surface area contributed by atoms with Crippen molar-refractivity contribution >= 4 is 19.6 Å². The smallest absolute Gasteiger partial charge is 0.382 e. The summed E-state index contributed by atoms with van der Waals surface area (Å²) in [4.78, 5) is 17.7. The van der Waals surface area contributed by atoms with Crippen LogP contribution in [-0.2, 0) is 18.6 Å². The highest BCUT2D eigenvalue weighted by atomic mass is 32.2. The van der Waals surface area contributed by atoms with Crippen LogP contribution in [0.4, 0.5) is 0 Å². The Balaban J connectivity index is 3.48. The van der Waals surface area contributed by atoms with E-state index in [0.29, 0.717) is 19.0 Å². The summed E-state index contributed by atoms with van der Waals surface area (Å²) in [6.07, 6.45) is 18.7. The predicted octanol–water partition coefficient (Wildman–Crippen LogP) is 6.34. The Morgan fingerprint density at radius 2 is 1.30 bits per heavy atom. The van der Waals surface area contributed by atoms with Crippen LogP contribution in [0.25, 0.3) is 0 Å². The maximum Gasteiger partial charge on any atom is 0.469 e. The minimum absolute atomic E-state index is 0.0975. The lowest BCUT2D eigenvalue weighted by Crippen LogP contribution is -2.24. The molecule has 0 aliphatic carbocycles. The minimum atomic E-state index is -4.46. The second kappa shape index (κ2) is 22.6. The van der Waals surface area contributed by atoms with E-state index in [0.717, 1.165) is 5.75 Å². The summed E-state index contributed by atoms with van der Waals surface area (Å²) in [7, 11) is -2.86. The molecule has 0 radical (unpaired) electrons. The molecule has 0 saturated carbocycles. The summed E-state index contributed by atoms with van der Waals surface area (Å²) in [5, 5.41) is 0. The van der Waals surface area contributed by atoms with Gasteiger partial charge in [-0.1, -0.05) is 90.4 Å². The summed E-state index contributed by atoms with van der Waals surface area (Å²) in [5.74, 6) is 1.71. The van der Waals surface area contributed by atoms with E-state index in [1.165, 1.54) is 89.9 Å². The number of hydrogen-bond donors (Lipinski definition) is 2. The van der Waals surface area contributed by atoms with E-state index in [2.05, 4.69) is 11.4 Å². The number of phosphoric acid groups is 1. The molecule has 0 aromatic rings. The second-order valence-corrected chi connectivity index (χ2v) is 10.3. The first kappa shape index (κ1) is 30.4. The molecule has 182 valence electrons. The van der Waals surface area contributed by atoms with Crippen LogP contribution in [0.15, 0.2) is 0 Å². The van der Waals surface area contributed by atoms with Gasteiger partial charge in [0.2, 0.25) is 0 Å². The molecule has 1 unspecified atom stereocenters. The van der Waals surface area contributed by atoms with Crippen LogP contribution < -0.4 is 0 Å². The Morgan fingerprint density at radius 3 is 1.77 bits per heavy atom. The summed E-state index contributed by atoms with van der Waals surface area (Å²) >= 11 is 1.76. The first-order chi connectivity index (χ1) is 14.5. The van der Waals surface area contributed by atoms with E-state index in [1.54, 1.807) is 18.9 Å². The zero-order valence-corrected chi connectivity index (χ0v) is 21.1. The van der Waals surface area contributed by atoms with Crippen molar-refractivity contribution in [2.75, 3.05) is 38.4 Å². The van der Waals surface area contributed by atoms with Gasteiger partial charge in [-0.05, 0) is 12.2 Å². The molecule has 6 nitrogen and oxygen atoms in total. The summed E-state index contributed by atoms with van der Waals surface area (Å²) < 4.78 is 26.0. The Morgan fingerprint density at radius 1 is 0.800 bits per heavy atom. The lowest BCUT2D eigenvalue weighted by atomic mass is 10.0. The molecule has 0 spiro atoms.